The number of ether oxygens (including phenoxy) is 1. The molecule has 0 aliphatic rings. The number of hydrogen-bond donors (Lipinski definition) is 1. The molecule has 70 valence electrons. The number of hydrogen-bond acceptors (Lipinski definition) is 4. The summed E-state index contributed by atoms with van der Waals surface area (Å²) < 4.78 is 4.67. The van der Waals surface area contributed by atoms with E-state index in [0.717, 1.165) is 0 Å². The van der Waals surface area contributed by atoms with Gasteiger partial charge in [0, 0.05) is 6.20 Å². The van der Waals surface area contributed by atoms with E-state index in [2.05, 4.69) is 20.3 Å². The average molecular weight is 181 g/mol. The predicted octanol–water partition coefficient (Wildman–Crippen LogP) is 0.723. The Morgan fingerprint density at radius 1 is 1.69 bits per heavy atom. The van der Waals surface area contributed by atoms with Crippen LogP contribution in [0.3, 0.4) is 0 Å². The summed E-state index contributed by atoms with van der Waals surface area (Å²) >= 11 is 0. The smallest absolute Gasteiger partial charge is 0.407 e. The molecule has 0 saturated heterocycles. The van der Waals surface area contributed by atoms with Crippen LogP contribution in [0.2, 0.25) is 0 Å². The van der Waals surface area contributed by atoms with Gasteiger partial charge in [-0.05, 0) is 19.1 Å². The minimum atomic E-state index is -0.437. The first kappa shape index (κ1) is 9.44. The minimum Gasteiger partial charge on any atom is -0.450 e. The molecule has 0 spiro atoms. The molecule has 0 aromatic carbocycles. The lowest BCUT2D eigenvalue weighted by Crippen LogP contribution is -2.24. The first-order valence-electron chi connectivity index (χ1n) is 4.00. The lowest BCUT2D eigenvalue weighted by atomic mass is 10.4. The van der Waals surface area contributed by atoms with Crippen LogP contribution in [0.25, 0.3) is 0 Å². The van der Waals surface area contributed by atoms with E-state index in [0.29, 0.717) is 18.8 Å². The first-order chi connectivity index (χ1) is 6.33. The molecule has 1 amide bonds. The van der Waals surface area contributed by atoms with Gasteiger partial charge in [-0.15, -0.1) is 0 Å². The molecule has 5 heteroatoms. The van der Waals surface area contributed by atoms with Crippen molar-refractivity contribution in [3.05, 3.63) is 24.0 Å². The molecular formula is C8H11N3O2. The Kier molecular flexibility index (Phi) is 3.69. The van der Waals surface area contributed by atoms with Gasteiger partial charge in [-0.1, -0.05) is 0 Å². The molecule has 0 aliphatic heterocycles. The number of nitrogens with one attached hydrogen (secondary N) is 1. The van der Waals surface area contributed by atoms with Gasteiger partial charge < -0.3 is 10.1 Å². The SMILES string of the molecule is CCOC(=O)NCc1cccnn1. The molecule has 0 bridgehead atoms. The summed E-state index contributed by atoms with van der Waals surface area (Å²) in [5.41, 5.74) is 0.704. The Morgan fingerprint density at radius 3 is 3.15 bits per heavy atom. The highest BCUT2D eigenvalue weighted by atomic mass is 16.5. The maximum atomic E-state index is 10.8. The van der Waals surface area contributed by atoms with E-state index in [9.17, 15) is 4.79 Å². The molecule has 0 atom stereocenters. The van der Waals surface area contributed by atoms with Crippen LogP contribution in [0.5, 0.6) is 0 Å². The van der Waals surface area contributed by atoms with Gasteiger partial charge in [0.15, 0.2) is 0 Å². The maximum Gasteiger partial charge on any atom is 0.407 e. The zero-order valence-corrected chi connectivity index (χ0v) is 7.36. The van der Waals surface area contributed by atoms with Crippen molar-refractivity contribution in [2.45, 2.75) is 13.5 Å². The van der Waals surface area contributed by atoms with Crippen LogP contribution in [0.4, 0.5) is 4.79 Å². The van der Waals surface area contributed by atoms with Crippen LogP contribution in [0, 0.1) is 0 Å². The fourth-order valence-corrected chi connectivity index (χ4v) is 0.773. The van der Waals surface area contributed by atoms with Gasteiger partial charge in [-0.2, -0.15) is 10.2 Å². The molecule has 13 heavy (non-hydrogen) atoms. The molecule has 1 N–H and O–H groups in total. The fraction of sp³-hybridized carbons (Fsp3) is 0.375. The molecule has 5 nitrogen and oxygen atoms in total. The summed E-state index contributed by atoms with van der Waals surface area (Å²) in [6.45, 7) is 2.46. The molecule has 1 rings (SSSR count). The van der Waals surface area contributed by atoms with Crippen LogP contribution < -0.4 is 5.32 Å². The summed E-state index contributed by atoms with van der Waals surface area (Å²) in [5.74, 6) is 0. The summed E-state index contributed by atoms with van der Waals surface area (Å²) in [5, 5.41) is 9.99. The van der Waals surface area contributed by atoms with Crippen LogP contribution >= 0.6 is 0 Å². The molecule has 0 radical (unpaired) electrons. The minimum absolute atomic E-state index is 0.340. The molecule has 1 aromatic rings. The topological polar surface area (TPSA) is 64.1 Å². The summed E-state index contributed by atoms with van der Waals surface area (Å²) in [7, 11) is 0. The lowest BCUT2D eigenvalue weighted by Gasteiger charge is -2.03. The highest BCUT2D eigenvalue weighted by Gasteiger charge is 1.99. The largest absolute Gasteiger partial charge is 0.450 e. The maximum absolute atomic E-state index is 10.8. The van der Waals surface area contributed by atoms with Crippen molar-refractivity contribution >= 4 is 6.09 Å². The molecule has 0 saturated carbocycles. The number of carbonyl (C=O) groups excluding carboxylic acids is 1. The molecule has 0 unspecified atom stereocenters. The second-order valence-corrected chi connectivity index (χ2v) is 2.29. The van der Waals surface area contributed by atoms with E-state index in [-0.39, 0.29) is 0 Å². The van der Waals surface area contributed by atoms with Crippen molar-refractivity contribution in [3.8, 4) is 0 Å². The Morgan fingerprint density at radius 2 is 2.54 bits per heavy atom. The van der Waals surface area contributed by atoms with Crippen molar-refractivity contribution < 1.29 is 9.53 Å². The third-order valence-electron chi connectivity index (χ3n) is 1.32. The monoisotopic (exact) mass is 181 g/mol. The highest BCUT2D eigenvalue weighted by Crippen LogP contribution is 1.89. The molecule has 0 fully saturated rings. The van der Waals surface area contributed by atoms with Crippen LogP contribution in [0.1, 0.15) is 12.6 Å². The number of rotatable bonds is 3. The third kappa shape index (κ3) is 3.50. The van der Waals surface area contributed by atoms with Gasteiger partial charge in [0.05, 0.1) is 18.8 Å². The number of amides is 1. The van der Waals surface area contributed by atoms with Crippen molar-refractivity contribution in [3.63, 3.8) is 0 Å². The van der Waals surface area contributed by atoms with Crippen molar-refractivity contribution in [2.24, 2.45) is 0 Å². The van der Waals surface area contributed by atoms with E-state index in [1.54, 1.807) is 25.3 Å². The fourth-order valence-electron chi connectivity index (χ4n) is 0.773. The summed E-state index contributed by atoms with van der Waals surface area (Å²) in [6, 6.07) is 3.54. The average Bonchev–Trinajstić information content (AvgIpc) is 2.17. The van der Waals surface area contributed by atoms with Crippen LogP contribution in [-0.2, 0) is 11.3 Å². The number of alkyl carbamates (subject to hydrolysis) is 1. The third-order valence-corrected chi connectivity index (χ3v) is 1.32. The normalized spacial score (nSPS) is 9.31. The molecular weight excluding hydrogens is 170 g/mol. The number of nitrogens with zero attached hydrogens (tertiary/aromatic N) is 2. The van der Waals surface area contributed by atoms with Gasteiger partial charge in [0.2, 0.25) is 0 Å². The zero-order valence-electron chi connectivity index (χ0n) is 7.36. The second-order valence-electron chi connectivity index (χ2n) is 2.29. The molecule has 0 aliphatic carbocycles. The van der Waals surface area contributed by atoms with E-state index < -0.39 is 6.09 Å². The molecule has 1 heterocycles. The predicted molar refractivity (Wildman–Crippen MR) is 45.9 cm³/mol. The lowest BCUT2D eigenvalue weighted by molar-refractivity contribution is 0.151. The standard InChI is InChI=1S/C8H11N3O2/c1-2-13-8(12)9-6-7-4-3-5-10-11-7/h3-5H,2,6H2,1H3,(H,9,12). The van der Waals surface area contributed by atoms with Crippen molar-refractivity contribution in [2.75, 3.05) is 6.61 Å². The number of carbonyl (C=O) groups is 1. The van der Waals surface area contributed by atoms with Gasteiger partial charge in [0.25, 0.3) is 0 Å². The molecule has 1 aromatic heterocycles. The zero-order chi connectivity index (χ0) is 9.52. The van der Waals surface area contributed by atoms with Crippen LogP contribution in [-0.4, -0.2) is 22.9 Å². The van der Waals surface area contributed by atoms with Crippen molar-refractivity contribution in [1.82, 2.24) is 15.5 Å². The Hall–Kier alpha value is -1.65. The summed E-state index contributed by atoms with van der Waals surface area (Å²) in [6.07, 6.45) is 1.14. The van der Waals surface area contributed by atoms with Gasteiger partial charge in [-0.25, -0.2) is 4.79 Å². The van der Waals surface area contributed by atoms with E-state index in [1.807, 2.05) is 0 Å². The number of aromatic nitrogens is 2. The van der Waals surface area contributed by atoms with E-state index in [4.69, 9.17) is 0 Å². The van der Waals surface area contributed by atoms with E-state index >= 15 is 0 Å². The van der Waals surface area contributed by atoms with Gasteiger partial charge in [0.1, 0.15) is 0 Å². The summed E-state index contributed by atoms with van der Waals surface area (Å²) in [4.78, 5) is 10.8. The Balaban J connectivity index is 2.31. The van der Waals surface area contributed by atoms with E-state index in [1.165, 1.54) is 0 Å². The van der Waals surface area contributed by atoms with Gasteiger partial charge >= 0.3 is 6.09 Å². The Bertz CT molecular complexity index is 263. The Labute approximate surface area is 76.1 Å². The first-order valence-corrected chi connectivity index (χ1v) is 4.00. The van der Waals surface area contributed by atoms with Gasteiger partial charge in [-0.3, -0.25) is 0 Å². The second kappa shape index (κ2) is 5.08. The van der Waals surface area contributed by atoms with Crippen LogP contribution in [0.15, 0.2) is 18.3 Å². The van der Waals surface area contributed by atoms with Crippen molar-refractivity contribution in [1.29, 1.82) is 0 Å². The highest BCUT2D eigenvalue weighted by molar-refractivity contribution is 5.66. The quantitative estimate of drug-likeness (QED) is 0.746.